The number of aryl methyl sites for hydroxylation is 2. The summed E-state index contributed by atoms with van der Waals surface area (Å²) in [5.74, 6) is 0.360. The Morgan fingerprint density at radius 2 is 1.76 bits per heavy atom. The van der Waals surface area contributed by atoms with E-state index in [1.165, 1.54) is 24.8 Å². The standard InChI is InChI=1S/C16H22O/c1-12-7-8-13(2)14(11-12)15(17)16(3)9-5-4-6-10-16/h7-8,11H,4-6,9-10H2,1-3H3. The molecule has 1 fully saturated rings. The van der Waals surface area contributed by atoms with Gasteiger partial charge in [0.05, 0.1) is 0 Å². The fourth-order valence-corrected chi connectivity index (χ4v) is 2.86. The van der Waals surface area contributed by atoms with Crippen molar-refractivity contribution in [1.29, 1.82) is 0 Å². The quantitative estimate of drug-likeness (QED) is 0.686. The van der Waals surface area contributed by atoms with Crippen LogP contribution in [0, 0.1) is 19.3 Å². The Balaban J connectivity index is 2.32. The maximum Gasteiger partial charge on any atom is 0.168 e. The first-order valence-corrected chi connectivity index (χ1v) is 6.65. The highest BCUT2D eigenvalue weighted by Crippen LogP contribution is 2.39. The molecule has 1 heteroatoms. The monoisotopic (exact) mass is 230 g/mol. The molecule has 1 aromatic carbocycles. The summed E-state index contributed by atoms with van der Waals surface area (Å²) in [5.41, 5.74) is 3.12. The molecule has 0 aliphatic heterocycles. The summed E-state index contributed by atoms with van der Waals surface area (Å²) >= 11 is 0. The van der Waals surface area contributed by atoms with Crippen LogP contribution in [0.3, 0.4) is 0 Å². The molecule has 1 aliphatic rings. The maximum absolute atomic E-state index is 12.7. The fourth-order valence-electron chi connectivity index (χ4n) is 2.86. The van der Waals surface area contributed by atoms with Gasteiger partial charge in [-0.05, 0) is 38.3 Å². The van der Waals surface area contributed by atoms with E-state index < -0.39 is 0 Å². The second kappa shape index (κ2) is 4.64. The number of benzene rings is 1. The number of carbonyl (C=O) groups is 1. The van der Waals surface area contributed by atoms with E-state index in [0.717, 1.165) is 24.0 Å². The predicted molar refractivity (Wildman–Crippen MR) is 71.4 cm³/mol. The molecule has 1 saturated carbocycles. The average molecular weight is 230 g/mol. The van der Waals surface area contributed by atoms with E-state index >= 15 is 0 Å². The van der Waals surface area contributed by atoms with Crippen molar-refractivity contribution in [2.24, 2.45) is 5.41 Å². The van der Waals surface area contributed by atoms with Crippen LogP contribution in [-0.2, 0) is 0 Å². The molecule has 2 rings (SSSR count). The maximum atomic E-state index is 12.7. The molecular weight excluding hydrogens is 208 g/mol. The summed E-state index contributed by atoms with van der Waals surface area (Å²) < 4.78 is 0. The molecule has 0 unspecified atom stereocenters. The van der Waals surface area contributed by atoms with Crippen molar-refractivity contribution in [3.63, 3.8) is 0 Å². The predicted octanol–water partition coefficient (Wildman–Crippen LogP) is 4.46. The van der Waals surface area contributed by atoms with Crippen LogP contribution < -0.4 is 0 Å². The molecule has 17 heavy (non-hydrogen) atoms. The number of ketones is 1. The number of rotatable bonds is 2. The molecule has 92 valence electrons. The van der Waals surface area contributed by atoms with Crippen LogP contribution in [0.5, 0.6) is 0 Å². The van der Waals surface area contributed by atoms with Gasteiger partial charge in [-0.3, -0.25) is 4.79 Å². The lowest BCUT2D eigenvalue weighted by Gasteiger charge is -2.32. The van der Waals surface area contributed by atoms with Crippen molar-refractivity contribution in [2.45, 2.75) is 52.9 Å². The first-order chi connectivity index (χ1) is 8.03. The first kappa shape index (κ1) is 12.3. The lowest BCUT2D eigenvalue weighted by atomic mass is 9.70. The van der Waals surface area contributed by atoms with Crippen LogP contribution in [0.4, 0.5) is 0 Å². The van der Waals surface area contributed by atoms with Gasteiger partial charge < -0.3 is 0 Å². The summed E-state index contributed by atoms with van der Waals surface area (Å²) in [6.45, 7) is 6.24. The van der Waals surface area contributed by atoms with Gasteiger partial charge in [0.15, 0.2) is 5.78 Å². The zero-order valence-electron chi connectivity index (χ0n) is 11.2. The summed E-state index contributed by atoms with van der Waals surface area (Å²) in [4.78, 5) is 12.7. The first-order valence-electron chi connectivity index (χ1n) is 6.65. The number of carbonyl (C=O) groups excluding carboxylic acids is 1. The number of hydrogen-bond donors (Lipinski definition) is 0. The highest BCUT2D eigenvalue weighted by Gasteiger charge is 2.35. The third-order valence-corrected chi connectivity index (χ3v) is 4.14. The molecule has 0 spiro atoms. The van der Waals surface area contributed by atoms with E-state index in [2.05, 4.69) is 32.0 Å². The van der Waals surface area contributed by atoms with E-state index in [-0.39, 0.29) is 5.41 Å². The Hall–Kier alpha value is -1.11. The molecule has 1 aromatic rings. The third-order valence-electron chi connectivity index (χ3n) is 4.14. The van der Waals surface area contributed by atoms with Crippen LogP contribution in [-0.4, -0.2) is 5.78 Å². The lowest BCUT2D eigenvalue weighted by molar-refractivity contribution is 0.0749. The van der Waals surface area contributed by atoms with Gasteiger partial charge >= 0.3 is 0 Å². The summed E-state index contributed by atoms with van der Waals surface area (Å²) in [6, 6.07) is 6.20. The van der Waals surface area contributed by atoms with Crippen molar-refractivity contribution in [3.8, 4) is 0 Å². The molecule has 0 radical (unpaired) electrons. The molecule has 0 aromatic heterocycles. The fraction of sp³-hybridized carbons (Fsp3) is 0.562. The third kappa shape index (κ3) is 2.43. The van der Waals surface area contributed by atoms with Crippen LogP contribution in [0.2, 0.25) is 0 Å². The molecule has 1 nitrogen and oxygen atoms in total. The zero-order valence-corrected chi connectivity index (χ0v) is 11.2. The number of Topliss-reactive ketones (excluding diaryl/α,β-unsaturated/α-hetero) is 1. The number of hydrogen-bond acceptors (Lipinski definition) is 1. The van der Waals surface area contributed by atoms with Crippen molar-refractivity contribution >= 4 is 5.78 Å². The van der Waals surface area contributed by atoms with E-state index in [4.69, 9.17) is 0 Å². The summed E-state index contributed by atoms with van der Waals surface area (Å²) in [7, 11) is 0. The summed E-state index contributed by atoms with van der Waals surface area (Å²) in [6.07, 6.45) is 5.80. The molecule has 0 heterocycles. The van der Waals surface area contributed by atoms with Crippen molar-refractivity contribution < 1.29 is 4.79 Å². The molecular formula is C16H22O. The molecule has 0 saturated heterocycles. The highest BCUT2D eigenvalue weighted by atomic mass is 16.1. The SMILES string of the molecule is Cc1ccc(C)c(C(=O)C2(C)CCCCC2)c1. The van der Waals surface area contributed by atoms with E-state index in [1.807, 2.05) is 6.92 Å². The Morgan fingerprint density at radius 1 is 1.12 bits per heavy atom. The normalized spacial score (nSPS) is 19.0. The minimum Gasteiger partial charge on any atom is -0.294 e. The highest BCUT2D eigenvalue weighted by molar-refractivity contribution is 6.01. The van der Waals surface area contributed by atoms with Gasteiger partial charge in [0.1, 0.15) is 0 Å². The van der Waals surface area contributed by atoms with Gasteiger partial charge in [0.2, 0.25) is 0 Å². The smallest absolute Gasteiger partial charge is 0.168 e. The Bertz CT molecular complexity index is 425. The van der Waals surface area contributed by atoms with Gasteiger partial charge in [-0.2, -0.15) is 0 Å². The van der Waals surface area contributed by atoms with Crippen molar-refractivity contribution in [1.82, 2.24) is 0 Å². The summed E-state index contributed by atoms with van der Waals surface area (Å²) in [5, 5.41) is 0. The molecule has 0 N–H and O–H groups in total. The topological polar surface area (TPSA) is 17.1 Å². The van der Waals surface area contributed by atoms with E-state index in [1.54, 1.807) is 0 Å². The van der Waals surface area contributed by atoms with Crippen molar-refractivity contribution in [2.75, 3.05) is 0 Å². The largest absolute Gasteiger partial charge is 0.294 e. The van der Waals surface area contributed by atoms with Gasteiger partial charge in [-0.1, -0.05) is 43.9 Å². The zero-order chi connectivity index (χ0) is 12.5. The molecule has 0 atom stereocenters. The second-order valence-corrected chi connectivity index (χ2v) is 5.77. The van der Waals surface area contributed by atoms with Crippen molar-refractivity contribution in [3.05, 3.63) is 34.9 Å². The van der Waals surface area contributed by atoms with Crippen LogP contribution in [0.15, 0.2) is 18.2 Å². The van der Waals surface area contributed by atoms with Crippen LogP contribution in [0.25, 0.3) is 0 Å². The van der Waals surface area contributed by atoms with Gasteiger partial charge in [-0.15, -0.1) is 0 Å². The second-order valence-electron chi connectivity index (χ2n) is 5.77. The molecule has 0 bridgehead atoms. The average Bonchev–Trinajstić information content (AvgIpc) is 2.32. The Morgan fingerprint density at radius 3 is 2.41 bits per heavy atom. The lowest BCUT2D eigenvalue weighted by Crippen LogP contribution is -2.30. The minimum atomic E-state index is -0.114. The van der Waals surface area contributed by atoms with E-state index in [9.17, 15) is 4.79 Å². The Kier molecular flexibility index (Phi) is 3.37. The van der Waals surface area contributed by atoms with Crippen LogP contribution >= 0.6 is 0 Å². The molecule has 1 aliphatic carbocycles. The Labute approximate surface area is 104 Å². The van der Waals surface area contributed by atoms with Gasteiger partial charge in [0, 0.05) is 11.0 Å². The van der Waals surface area contributed by atoms with Gasteiger partial charge in [-0.25, -0.2) is 0 Å². The van der Waals surface area contributed by atoms with E-state index in [0.29, 0.717) is 5.78 Å². The minimum absolute atomic E-state index is 0.114. The molecule has 0 amide bonds. The van der Waals surface area contributed by atoms with Crippen LogP contribution in [0.1, 0.15) is 60.5 Å². The van der Waals surface area contributed by atoms with Gasteiger partial charge in [0.25, 0.3) is 0 Å².